The van der Waals surface area contributed by atoms with E-state index in [0.717, 1.165) is 19.5 Å². The number of aromatic nitrogens is 1. The van der Waals surface area contributed by atoms with Gasteiger partial charge in [-0.2, -0.15) is 0 Å². The largest absolute Gasteiger partial charge is 0.476 e. The third-order valence-electron chi connectivity index (χ3n) is 2.47. The highest BCUT2D eigenvalue weighted by molar-refractivity contribution is 5.85. The molecule has 1 aromatic rings. The number of nitrogens with zero attached hydrogens (tertiary/aromatic N) is 2. The molecule has 15 heavy (non-hydrogen) atoms. The van der Waals surface area contributed by atoms with Crippen LogP contribution in [-0.4, -0.2) is 40.3 Å². The van der Waals surface area contributed by atoms with Gasteiger partial charge in [-0.05, 0) is 6.42 Å². The van der Waals surface area contributed by atoms with Gasteiger partial charge in [-0.15, -0.1) is 0 Å². The van der Waals surface area contributed by atoms with Gasteiger partial charge in [-0.25, -0.2) is 4.79 Å². The number of carboxylic acids is 1. The summed E-state index contributed by atoms with van der Waals surface area (Å²) in [6.45, 7) is 2.32. The number of nitrogens with two attached hydrogens (primary N) is 1. The molecule has 82 valence electrons. The van der Waals surface area contributed by atoms with Crippen LogP contribution in [0.25, 0.3) is 0 Å². The number of rotatable bonds is 3. The van der Waals surface area contributed by atoms with Crippen molar-refractivity contribution in [3.63, 3.8) is 0 Å². The van der Waals surface area contributed by atoms with Crippen molar-refractivity contribution in [2.75, 3.05) is 13.1 Å². The first-order chi connectivity index (χ1) is 7.15. The number of carbonyl (C=O) groups is 1. The lowest BCUT2D eigenvalue weighted by Crippen LogP contribution is -2.26. The van der Waals surface area contributed by atoms with Crippen molar-refractivity contribution in [3.05, 3.63) is 17.5 Å². The van der Waals surface area contributed by atoms with E-state index in [4.69, 9.17) is 15.4 Å². The second-order valence-electron chi connectivity index (χ2n) is 3.77. The molecule has 3 N–H and O–H groups in total. The van der Waals surface area contributed by atoms with E-state index in [0.29, 0.717) is 12.3 Å². The van der Waals surface area contributed by atoms with Crippen LogP contribution in [0.3, 0.4) is 0 Å². The smallest absolute Gasteiger partial charge is 0.358 e. The van der Waals surface area contributed by atoms with Gasteiger partial charge in [0.1, 0.15) is 0 Å². The Morgan fingerprint density at radius 1 is 1.80 bits per heavy atom. The van der Waals surface area contributed by atoms with Crippen LogP contribution in [-0.2, 0) is 6.54 Å². The van der Waals surface area contributed by atoms with Crippen molar-refractivity contribution in [1.82, 2.24) is 10.1 Å². The monoisotopic (exact) mass is 211 g/mol. The van der Waals surface area contributed by atoms with E-state index in [2.05, 4.69) is 10.1 Å². The second kappa shape index (κ2) is 4.00. The van der Waals surface area contributed by atoms with Crippen molar-refractivity contribution in [2.24, 2.45) is 5.73 Å². The molecular formula is C9H13N3O3. The van der Waals surface area contributed by atoms with Crippen molar-refractivity contribution in [2.45, 2.75) is 19.0 Å². The Balaban J connectivity index is 1.96. The second-order valence-corrected chi connectivity index (χ2v) is 3.77. The van der Waals surface area contributed by atoms with Crippen LogP contribution in [0.4, 0.5) is 0 Å². The lowest BCUT2D eigenvalue weighted by atomic mass is 10.3. The lowest BCUT2D eigenvalue weighted by molar-refractivity contribution is 0.0685. The Morgan fingerprint density at radius 2 is 2.60 bits per heavy atom. The van der Waals surface area contributed by atoms with Crippen LogP contribution in [0.2, 0.25) is 0 Å². The first kappa shape index (κ1) is 10.1. The van der Waals surface area contributed by atoms with Gasteiger partial charge in [0.25, 0.3) is 0 Å². The highest BCUT2D eigenvalue weighted by Gasteiger charge is 2.21. The maximum Gasteiger partial charge on any atom is 0.358 e. The van der Waals surface area contributed by atoms with Crippen LogP contribution in [0.15, 0.2) is 10.6 Å². The van der Waals surface area contributed by atoms with E-state index in [-0.39, 0.29) is 11.7 Å². The summed E-state index contributed by atoms with van der Waals surface area (Å²) in [5, 5.41) is 12.1. The van der Waals surface area contributed by atoms with Crippen LogP contribution >= 0.6 is 0 Å². The third-order valence-corrected chi connectivity index (χ3v) is 2.47. The Bertz CT molecular complexity index is 363. The summed E-state index contributed by atoms with van der Waals surface area (Å²) >= 11 is 0. The standard InChI is InChI=1S/C9H13N3O3/c10-6-1-2-12(4-6)5-7-3-8(9(13)14)11-15-7/h3,6H,1-2,4-5,10H2,(H,13,14). The fourth-order valence-electron chi connectivity index (χ4n) is 1.71. The first-order valence-electron chi connectivity index (χ1n) is 4.82. The van der Waals surface area contributed by atoms with Crippen molar-refractivity contribution in [3.8, 4) is 0 Å². The van der Waals surface area contributed by atoms with Gasteiger partial charge >= 0.3 is 5.97 Å². The lowest BCUT2D eigenvalue weighted by Gasteiger charge is -2.11. The van der Waals surface area contributed by atoms with E-state index < -0.39 is 5.97 Å². The van der Waals surface area contributed by atoms with Gasteiger partial charge in [0.05, 0.1) is 6.54 Å². The topological polar surface area (TPSA) is 92.6 Å². The Morgan fingerprint density at radius 3 is 3.13 bits per heavy atom. The SMILES string of the molecule is NC1CCN(Cc2cc(C(=O)O)no2)C1. The van der Waals surface area contributed by atoms with E-state index >= 15 is 0 Å². The molecule has 1 fully saturated rings. The summed E-state index contributed by atoms with van der Waals surface area (Å²) in [5.74, 6) is -0.496. The molecule has 0 amide bonds. The molecule has 6 nitrogen and oxygen atoms in total. The minimum Gasteiger partial charge on any atom is -0.476 e. The molecule has 6 heteroatoms. The summed E-state index contributed by atoms with van der Waals surface area (Å²) in [6.07, 6.45) is 0.972. The van der Waals surface area contributed by atoms with E-state index in [1.54, 1.807) is 0 Å². The molecule has 0 saturated carbocycles. The molecule has 1 atom stereocenters. The fraction of sp³-hybridized carbons (Fsp3) is 0.556. The zero-order chi connectivity index (χ0) is 10.8. The summed E-state index contributed by atoms with van der Waals surface area (Å²) in [6, 6.07) is 1.67. The van der Waals surface area contributed by atoms with Crippen molar-refractivity contribution < 1.29 is 14.4 Å². The maximum absolute atomic E-state index is 10.5. The average Bonchev–Trinajstić information content (AvgIpc) is 2.76. The highest BCUT2D eigenvalue weighted by Crippen LogP contribution is 2.12. The van der Waals surface area contributed by atoms with Gasteiger partial charge in [-0.3, -0.25) is 4.90 Å². The third kappa shape index (κ3) is 2.34. The zero-order valence-electron chi connectivity index (χ0n) is 8.22. The van der Waals surface area contributed by atoms with Gasteiger partial charge < -0.3 is 15.4 Å². The maximum atomic E-state index is 10.5. The molecule has 0 radical (unpaired) electrons. The predicted molar refractivity (Wildman–Crippen MR) is 51.3 cm³/mol. The van der Waals surface area contributed by atoms with Crippen molar-refractivity contribution >= 4 is 5.97 Å². The zero-order valence-corrected chi connectivity index (χ0v) is 8.22. The van der Waals surface area contributed by atoms with Crippen LogP contribution in [0, 0.1) is 0 Å². The van der Waals surface area contributed by atoms with Crippen LogP contribution in [0.1, 0.15) is 22.7 Å². The molecule has 1 saturated heterocycles. The summed E-state index contributed by atoms with van der Waals surface area (Å²) < 4.78 is 4.91. The van der Waals surface area contributed by atoms with E-state index in [9.17, 15) is 4.79 Å². The normalized spacial score (nSPS) is 22.1. The number of carboxylic acid groups (broad SMARTS) is 1. The molecule has 2 rings (SSSR count). The average molecular weight is 211 g/mol. The molecule has 0 spiro atoms. The summed E-state index contributed by atoms with van der Waals surface area (Å²) in [5.41, 5.74) is 5.70. The minimum absolute atomic E-state index is 0.0477. The number of aromatic carboxylic acids is 1. The highest BCUT2D eigenvalue weighted by atomic mass is 16.5. The molecule has 2 heterocycles. The summed E-state index contributed by atoms with van der Waals surface area (Å²) in [4.78, 5) is 12.7. The van der Waals surface area contributed by atoms with Crippen molar-refractivity contribution in [1.29, 1.82) is 0 Å². The molecule has 1 aliphatic rings. The number of hydrogen-bond donors (Lipinski definition) is 2. The molecule has 0 aromatic carbocycles. The van der Waals surface area contributed by atoms with Gasteiger partial charge in [0, 0.05) is 25.2 Å². The Labute approximate surface area is 86.6 Å². The summed E-state index contributed by atoms with van der Waals surface area (Å²) in [7, 11) is 0. The van der Waals surface area contributed by atoms with E-state index in [1.165, 1.54) is 6.07 Å². The van der Waals surface area contributed by atoms with Gasteiger partial charge in [0.2, 0.25) is 0 Å². The molecule has 0 bridgehead atoms. The molecule has 1 unspecified atom stereocenters. The first-order valence-corrected chi connectivity index (χ1v) is 4.82. The van der Waals surface area contributed by atoms with Crippen LogP contribution < -0.4 is 5.73 Å². The molecule has 0 aliphatic carbocycles. The molecule has 1 aliphatic heterocycles. The Kier molecular flexibility index (Phi) is 2.70. The minimum atomic E-state index is -1.07. The van der Waals surface area contributed by atoms with E-state index in [1.807, 2.05) is 0 Å². The quantitative estimate of drug-likeness (QED) is 0.725. The predicted octanol–water partition coefficient (Wildman–Crippen LogP) is -0.0942. The van der Waals surface area contributed by atoms with Gasteiger partial charge in [-0.1, -0.05) is 5.16 Å². The Hall–Kier alpha value is -1.40. The fourth-order valence-corrected chi connectivity index (χ4v) is 1.71. The van der Waals surface area contributed by atoms with Gasteiger partial charge in [0.15, 0.2) is 11.5 Å². The number of likely N-dealkylation sites (tertiary alicyclic amines) is 1. The molecular weight excluding hydrogens is 198 g/mol. The molecule has 1 aromatic heterocycles. The van der Waals surface area contributed by atoms with Crippen LogP contribution in [0.5, 0.6) is 0 Å². The number of hydrogen-bond acceptors (Lipinski definition) is 5.